The summed E-state index contributed by atoms with van der Waals surface area (Å²) >= 11 is 1.51. The second-order valence-corrected chi connectivity index (χ2v) is 5.84. The number of thiophene rings is 1. The summed E-state index contributed by atoms with van der Waals surface area (Å²) in [6, 6.07) is 12.1. The van der Waals surface area contributed by atoms with E-state index in [4.69, 9.17) is 5.73 Å². The lowest BCUT2D eigenvalue weighted by atomic mass is 10.0. The van der Waals surface area contributed by atoms with Crippen molar-refractivity contribution in [3.63, 3.8) is 0 Å². The van der Waals surface area contributed by atoms with Crippen LogP contribution in [0.5, 0.6) is 0 Å². The van der Waals surface area contributed by atoms with Gasteiger partial charge in [0.25, 0.3) is 0 Å². The molecule has 0 unspecified atom stereocenters. The van der Waals surface area contributed by atoms with Gasteiger partial charge in [0.15, 0.2) is 5.78 Å². The Morgan fingerprint density at radius 1 is 1.28 bits per heavy atom. The molecule has 0 radical (unpaired) electrons. The van der Waals surface area contributed by atoms with E-state index in [1.807, 2.05) is 38.1 Å². The smallest absolute Gasteiger partial charge is 0.168 e. The van der Waals surface area contributed by atoms with Gasteiger partial charge in [0, 0.05) is 17.2 Å². The van der Waals surface area contributed by atoms with E-state index in [1.165, 1.54) is 16.9 Å². The largest absolute Gasteiger partial charge is 0.390 e. The molecule has 0 fully saturated rings. The fourth-order valence-electron chi connectivity index (χ4n) is 1.85. The predicted octanol–water partition coefficient (Wildman–Crippen LogP) is 3.76. The lowest BCUT2D eigenvalue weighted by molar-refractivity contribution is 0.0940. The summed E-state index contributed by atoms with van der Waals surface area (Å²) < 4.78 is 0. The highest BCUT2D eigenvalue weighted by Gasteiger charge is 2.16. The Hall–Kier alpha value is -1.61. The first-order valence-electron chi connectivity index (χ1n) is 6.04. The van der Waals surface area contributed by atoms with Gasteiger partial charge < -0.3 is 5.73 Å². The van der Waals surface area contributed by atoms with Crippen molar-refractivity contribution in [3.8, 4) is 0 Å². The van der Waals surface area contributed by atoms with Gasteiger partial charge in [-0.25, -0.2) is 0 Å². The Morgan fingerprint density at radius 2 is 1.94 bits per heavy atom. The molecule has 0 aliphatic carbocycles. The number of carbonyl (C=O) groups excluding carboxylic acids is 1. The van der Waals surface area contributed by atoms with Gasteiger partial charge in [0.2, 0.25) is 0 Å². The number of Topliss-reactive ketones (excluding diaryl/α,β-unsaturated/α-hetero) is 1. The monoisotopic (exact) mass is 259 g/mol. The van der Waals surface area contributed by atoms with Crippen LogP contribution in [0.1, 0.15) is 34.6 Å². The fourth-order valence-corrected chi connectivity index (χ4v) is 2.81. The number of hydrogen-bond donors (Lipinski definition) is 1. The van der Waals surface area contributed by atoms with E-state index in [2.05, 4.69) is 12.1 Å². The van der Waals surface area contributed by atoms with Gasteiger partial charge in [0.05, 0.1) is 10.6 Å². The van der Waals surface area contributed by atoms with Crippen molar-refractivity contribution < 1.29 is 4.79 Å². The molecule has 0 aliphatic heterocycles. The summed E-state index contributed by atoms with van der Waals surface area (Å²) in [5, 5.41) is 0.639. The third-order valence-corrected chi connectivity index (χ3v) is 3.79. The van der Waals surface area contributed by atoms with Crippen LogP contribution in [0.3, 0.4) is 0 Å². The van der Waals surface area contributed by atoms with Gasteiger partial charge in [-0.2, -0.15) is 0 Å². The van der Waals surface area contributed by atoms with Crippen LogP contribution in [-0.4, -0.2) is 5.78 Å². The van der Waals surface area contributed by atoms with E-state index in [0.29, 0.717) is 10.6 Å². The van der Waals surface area contributed by atoms with Crippen molar-refractivity contribution in [1.82, 2.24) is 0 Å². The lowest BCUT2D eigenvalue weighted by Gasteiger charge is -2.01. The molecule has 0 bridgehead atoms. The molecule has 0 saturated heterocycles. The van der Waals surface area contributed by atoms with Crippen molar-refractivity contribution in [2.75, 3.05) is 5.73 Å². The first kappa shape index (κ1) is 12.8. The second-order valence-electron chi connectivity index (χ2n) is 4.67. The highest BCUT2D eigenvalue weighted by Crippen LogP contribution is 2.28. The zero-order valence-corrected chi connectivity index (χ0v) is 11.5. The number of ketones is 1. The maximum absolute atomic E-state index is 12.0. The summed E-state index contributed by atoms with van der Waals surface area (Å²) in [7, 11) is 0. The number of carbonyl (C=O) groups is 1. The minimum absolute atomic E-state index is 0.00789. The normalized spacial score (nSPS) is 10.8. The van der Waals surface area contributed by atoms with E-state index in [-0.39, 0.29) is 11.7 Å². The third kappa shape index (κ3) is 2.79. The van der Waals surface area contributed by atoms with Crippen LogP contribution in [-0.2, 0) is 6.42 Å². The average Bonchev–Trinajstić information content (AvgIpc) is 2.70. The van der Waals surface area contributed by atoms with E-state index in [0.717, 1.165) is 11.3 Å². The number of benzene rings is 1. The maximum atomic E-state index is 12.0. The van der Waals surface area contributed by atoms with Crippen LogP contribution in [0.15, 0.2) is 36.4 Å². The molecule has 0 atom stereocenters. The lowest BCUT2D eigenvalue weighted by Crippen LogP contribution is -2.08. The quantitative estimate of drug-likeness (QED) is 0.849. The fraction of sp³-hybridized carbons (Fsp3) is 0.267. The van der Waals surface area contributed by atoms with Crippen LogP contribution < -0.4 is 5.73 Å². The van der Waals surface area contributed by atoms with Crippen LogP contribution in [0.2, 0.25) is 0 Å². The number of anilines is 1. The van der Waals surface area contributed by atoms with Crippen LogP contribution in [0.25, 0.3) is 0 Å². The Balaban J connectivity index is 2.22. The van der Waals surface area contributed by atoms with Crippen molar-refractivity contribution in [1.29, 1.82) is 0 Å². The van der Waals surface area contributed by atoms with Gasteiger partial charge >= 0.3 is 0 Å². The molecule has 1 aromatic heterocycles. The second kappa shape index (κ2) is 5.36. The van der Waals surface area contributed by atoms with Crippen LogP contribution in [0, 0.1) is 5.92 Å². The molecule has 0 spiro atoms. The van der Waals surface area contributed by atoms with Crippen molar-refractivity contribution >= 4 is 22.1 Å². The van der Waals surface area contributed by atoms with Gasteiger partial charge in [0.1, 0.15) is 0 Å². The SMILES string of the molecule is CC(C)C(=O)c1cc(Cc2ccccc2)sc1N. The van der Waals surface area contributed by atoms with E-state index in [1.54, 1.807) is 0 Å². The summed E-state index contributed by atoms with van der Waals surface area (Å²) in [6.45, 7) is 3.80. The molecule has 18 heavy (non-hydrogen) atoms. The standard InChI is InChI=1S/C15H17NOS/c1-10(2)14(17)13-9-12(18-15(13)16)8-11-6-4-3-5-7-11/h3-7,9-10H,8,16H2,1-2H3. The van der Waals surface area contributed by atoms with Crippen molar-refractivity contribution in [2.45, 2.75) is 20.3 Å². The summed E-state index contributed by atoms with van der Waals surface area (Å²) in [5.41, 5.74) is 7.85. The van der Waals surface area contributed by atoms with Crippen molar-refractivity contribution in [2.24, 2.45) is 5.92 Å². The molecule has 2 rings (SSSR count). The summed E-state index contributed by atoms with van der Waals surface area (Å²) in [5.74, 6) is 0.120. The van der Waals surface area contributed by atoms with E-state index < -0.39 is 0 Å². The molecule has 0 amide bonds. The summed E-state index contributed by atoms with van der Waals surface area (Å²) in [4.78, 5) is 13.1. The Bertz CT molecular complexity index is 543. The number of hydrogen-bond acceptors (Lipinski definition) is 3. The van der Waals surface area contributed by atoms with Gasteiger partial charge in [-0.3, -0.25) is 4.79 Å². The van der Waals surface area contributed by atoms with E-state index >= 15 is 0 Å². The molecular weight excluding hydrogens is 242 g/mol. The van der Waals surface area contributed by atoms with Crippen LogP contribution in [0.4, 0.5) is 5.00 Å². The molecule has 2 N–H and O–H groups in total. The number of rotatable bonds is 4. The van der Waals surface area contributed by atoms with Gasteiger partial charge in [-0.1, -0.05) is 44.2 Å². The van der Waals surface area contributed by atoms with Gasteiger partial charge in [-0.15, -0.1) is 11.3 Å². The average molecular weight is 259 g/mol. The Labute approximate surface area is 111 Å². The maximum Gasteiger partial charge on any atom is 0.168 e. The zero-order chi connectivity index (χ0) is 13.1. The number of nitrogen functional groups attached to an aromatic ring is 1. The van der Waals surface area contributed by atoms with E-state index in [9.17, 15) is 4.79 Å². The molecule has 2 aromatic rings. The zero-order valence-electron chi connectivity index (χ0n) is 10.6. The molecule has 1 heterocycles. The highest BCUT2D eigenvalue weighted by atomic mass is 32.1. The predicted molar refractivity (Wildman–Crippen MR) is 77.1 cm³/mol. The third-order valence-electron chi connectivity index (χ3n) is 2.82. The first-order chi connectivity index (χ1) is 8.58. The first-order valence-corrected chi connectivity index (χ1v) is 6.86. The molecule has 94 valence electrons. The molecule has 2 nitrogen and oxygen atoms in total. The highest BCUT2D eigenvalue weighted by molar-refractivity contribution is 7.16. The minimum Gasteiger partial charge on any atom is -0.390 e. The Kier molecular flexibility index (Phi) is 3.82. The van der Waals surface area contributed by atoms with Crippen molar-refractivity contribution in [3.05, 3.63) is 52.4 Å². The van der Waals surface area contributed by atoms with Crippen LogP contribution >= 0.6 is 11.3 Å². The molecular formula is C15H17NOS. The molecule has 0 saturated carbocycles. The Morgan fingerprint density at radius 3 is 2.56 bits per heavy atom. The molecule has 0 aliphatic rings. The topological polar surface area (TPSA) is 43.1 Å². The molecule has 3 heteroatoms. The van der Waals surface area contributed by atoms with Gasteiger partial charge in [-0.05, 0) is 11.6 Å². The number of nitrogens with two attached hydrogens (primary N) is 1. The molecule has 1 aromatic carbocycles. The minimum atomic E-state index is -0.00789. The summed E-state index contributed by atoms with van der Waals surface area (Å²) in [6.07, 6.45) is 0.834.